The number of aryl methyl sites for hydroxylation is 1. The molecule has 0 aliphatic carbocycles. The number of guanidine groups is 1. The van der Waals surface area contributed by atoms with E-state index >= 15 is 0 Å². The third kappa shape index (κ3) is 7.88. The zero-order valence-electron chi connectivity index (χ0n) is 14.2. The Morgan fingerprint density at radius 3 is 2.59 bits per heavy atom. The van der Waals surface area contributed by atoms with Crippen molar-refractivity contribution in [2.75, 3.05) is 33.4 Å². The lowest BCUT2D eigenvalue weighted by atomic mass is 10.2. The zero-order chi connectivity index (χ0) is 16.2. The molecule has 5 heteroatoms. The van der Waals surface area contributed by atoms with Gasteiger partial charge in [-0.3, -0.25) is 0 Å². The van der Waals surface area contributed by atoms with E-state index in [1.807, 2.05) is 31.2 Å². The van der Waals surface area contributed by atoms with E-state index in [4.69, 9.17) is 9.47 Å². The highest BCUT2D eigenvalue weighted by molar-refractivity contribution is 5.79. The number of benzene rings is 1. The number of hydrogen-bond acceptors (Lipinski definition) is 3. The molecule has 0 saturated carbocycles. The molecule has 0 bridgehead atoms. The van der Waals surface area contributed by atoms with E-state index in [1.165, 1.54) is 5.56 Å². The summed E-state index contributed by atoms with van der Waals surface area (Å²) in [5, 5.41) is 6.51. The van der Waals surface area contributed by atoms with Crippen molar-refractivity contribution in [3.63, 3.8) is 0 Å². The second-order valence-electron chi connectivity index (χ2n) is 5.23. The zero-order valence-corrected chi connectivity index (χ0v) is 14.2. The Hall–Kier alpha value is -1.75. The van der Waals surface area contributed by atoms with Crippen LogP contribution < -0.4 is 15.4 Å². The van der Waals surface area contributed by atoms with Crippen molar-refractivity contribution in [1.29, 1.82) is 0 Å². The third-order valence-electron chi connectivity index (χ3n) is 3.03. The fourth-order valence-electron chi connectivity index (χ4n) is 1.87. The van der Waals surface area contributed by atoms with Crippen LogP contribution in [-0.4, -0.2) is 45.4 Å². The molecule has 0 aliphatic heterocycles. The smallest absolute Gasteiger partial charge is 0.191 e. The number of aliphatic imine (C=N–C) groups is 1. The molecule has 124 valence electrons. The standard InChI is InChI=1S/C17H29N3O2/c1-5-18-17(19-11-6-12-21-4)20-13-15(3)22-16-9-7-14(2)8-10-16/h7-10,15H,5-6,11-13H2,1-4H3,(H2,18,19,20). The Kier molecular flexibility index (Phi) is 9.07. The van der Waals surface area contributed by atoms with Crippen molar-refractivity contribution in [2.45, 2.75) is 33.3 Å². The summed E-state index contributed by atoms with van der Waals surface area (Å²) in [4.78, 5) is 4.55. The molecule has 1 atom stereocenters. The predicted octanol–water partition coefficient (Wildman–Crippen LogP) is 2.35. The second-order valence-corrected chi connectivity index (χ2v) is 5.23. The summed E-state index contributed by atoms with van der Waals surface area (Å²) in [5.74, 6) is 1.70. The van der Waals surface area contributed by atoms with Crippen LogP contribution >= 0.6 is 0 Å². The molecule has 1 aromatic rings. The monoisotopic (exact) mass is 307 g/mol. The van der Waals surface area contributed by atoms with Crippen molar-refractivity contribution >= 4 is 5.96 Å². The molecule has 0 aliphatic rings. The maximum atomic E-state index is 5.86. The summed E-state index contributed by atoms with van der Waals surface area (Å²) in [7, 11) is 1.71. The van der Waals surface area contributed by atoms with E-state index in [9.17, 15) is 0 Å². The van der Waals surface area contributed by atoms with Crippen LogP contribution in [0.3, 0.4) is 0 Å². The van der Waals surface area contributed by atoms with E-state index in [0.717, 1.165) is 37.8 Å². The van der Waals surface area contributed by atoms with Crippen LogP contribution in [-0.2, 0) is 4.74 Å². The second kappa shape index (κ2) is 10.9. The van der Waals surface area contributed by atoms with Crippen LogP contribution in [0.1, 0.15) is 25.8 Å². The molecule has 1 unspecified atom stereocenters. The lowest BCUT2D eigenvalue weighted by Gasteiger charge is -2.15. The summed E-state index contributed by atoms with van der Waals surface area (Å²) in [6, 6.07) is 8.08. The highest BCUT2D eigenvalue weighted by atomic mass is 16.5. The first-order valence-electron chi connectivity index (χ1n) is 7.90. The molecule has 0 heterocycles. The van der Waals surface area contributed by atoms with Crippen molar-refractivity contribution in [3.8, 4) is 5.75 Å². The summed E-state index contributed by atoms with van der Waals surface area (Å²) in [6.45, 7) is 9.18. The van der Waals surface area contributed by atoms with Crippen LogP contribution in [0.2, 0.25) is 0 Å². The van der Waals surface area contributed by atoms with Crippen LogP contribution in [0.4, 0.5) is 0 Å². The molecule has 0 spiro atoms. The molecular formula is C17H29N3O2. The van der Waals surface area contributed by atoms with Gasteiger partial charge in [0, 0.05) is 26.8 Å². The maximum Gasteiger partial charge on any atom is 0.191 e. The Bertz CT molecular complexity index is 432. The fraction of sp³-hybridized carbons (Fsp3) is 0.588. The number of methoxy groups -OCH3 is 1. The van der Waals surface area contributed by atoms with Crippen LogP contribution in [0.25, 0.3) is 0 Å². The average molecular weight is 307 g/mol. The quantitative estimate of drug-likeness (QED) is 0.418. The van der Waals surface area contributed by atoms with E-state index in [1.54, 1.807) is 7.11 Å². The molecule has 0 radical (unpaired) electrons. The Morgan fingerprint density at radius 1 is 1.23 bits per heavy atom. The third-order valence-corrected chi connectivity index (χ3v) is 3.03. The SMILES string of the molecule is CCNC(=NCC(C)Oc1ccc(C)cc1)NCCCOC. The summed E-state index contributed by atoms with van der Waals surface area (Å²) in [6.07, 6.45) is 0.980. The lowest BCUT2D eigenvalue weighted by Crippen LogP contribution is -2.38. The summed E-state index contributed by atoms with van der Waals surface area (Å²) >= 11 is 0. The van der Waals surface area contributed by atoms with Gasteiger partial charge in [-0.15, -0.1) is 0 Å². The summed E-state index contributed by atoms with van der Waals surface area (Å²) < 4.78 is 10.9. The number of hydrogen-bond donors (Lipinski definition) is 2. The van der Waals surface area contributed by atoms with Crippen molar-refractivity contribution in [3.05, 3.63) is 29.8 Å². The highest BCUT2D eigenvalue weighted by Gasteiger charge is 2.04. The van der Waals surface area contributed by atoms with Crippen molar-refractivity contribution < 1.29 is 9.47 Å². The Labute approximate surface area is 134 Å². The van der Waals surface area contributed by atoms with Crippen molar-refractivity contribution in [2.24, 2.45) is 4.99 Å². The molecule has 22 heavy (non-hydrogen) atoms. The average Bonchev–Trinajstić information content (AvgIpc) is 2.51. The normalized spacial score (nSPS) is 12.8. The fourth-order valence-corrected chi connectivity index (χ4v) is 1.87. The van der Waals surface area contributed by atoms with E-state index in [2.05, 4.69) is 29.5 Å². The molecular weight excluding hydrogens is 278 g/mol. The first-order chi connectivity index (χ1) is 10.7. The molecule has 0 fully saturated rings. The minimum absolute atomic E-state index is 0.0251. The molecule has 0 aromatic heterocycles. The highest BCUT2D eigenvalue weighted by Crippen LogP contribution is 2.13. The molecule has 0 saturated heterocycles. The Morgan fingerprint density at radius 2 is 1.95 bits per heavy atom. The largest absolute Gasteiger partial charge is 0.489 e. The molecule has 1 rings (SSSR count). The van der Waals surface area contributed by atoms with E-state index < -0.39 is 0 Å². The van der Waals surface area contributed by atoms with Gasteiger partial charge in [0.2, 0.25) is 0 Å². The molecule has 1 aromatic carbocycles. The number of nitrogens with one attached hydrogen (secondary N) is 2. The molecule has 5 nitrogen and oxygen atoms in total. The minimum atomic E-state index is 0.0251. The number of rotatable bonds is 9. The molecule has 2 N–H and O–H groups in total. The van der Waals surface area contributed by atoms with Gasteiger partial charge in [0.25, 0.3) is 0 Å². The van der Waals surface area contributed by atoms with Gasteiger partial charge in [0.1, 0.15) is 11.9 Å². The van der Waals surface area contributed by atoms with Gasteiger partial charge in [-0.25, -0.2) is 4.99 Å². The van der Waals surface area contributed by atoms with E-state index in [0.29, 0.717) is 6.54 Å². The lowest BCUT2D eigenvalue weighted by molar-refractivity contribution is 0.195. The van der Waals surface area contributed by atoms with Crippen LogP contribution in [0.15, 0.2) is 29.3 Å². The minimum Gasteiger partial charge on any atom is -0.489 e. The van der Waals surface area contributed by atoms with Gasteiger partial charge in [-0.1, -0.05) is 17.7 Å². The van der Waals surface area contributed by atoms with Gasteiger partial charge in [0.15, 0.2) is 5.96 Å². The van der Waals surface area contributed by atoms with Gasteiger partial charge >= 0.3 is 0 Å². The number of ether oxygens (including phenoxy) is 2. The predicted molar refractivity (Wildman–Crippen MR) is 91.7 cm³/mol. The van der Waals surface area contributed by atoms with Gasteiger partial charge < -0.3 is 20.1 Å². The van der Waals surface area contributed by atoms with Gasteiger partial charge in [-0.2, -0.15) is 0 Å². The van der Waals surface area contributed by atoms with E-state index in [-0.39, 0.29) is 6.10 Å². The van der Waals surface area contributed by atoms with Crippen LogP contribution in [0.5, 0.6) is 5.75 Å². The van der Waals surface area contributed by atoms with Gasteiger partial charge in [0.05, 0.1) is 6.54 Å². The first kappa shape index (κ1) is 18.3. The topological polar surface area (TPSA) is 54.9 Å². The van der Waals surface area contributed by atoms with Crippen LogP contribution in [0, 0.1) is 6.92 Å². The Balaban J connectivity index is 2.41. The summed E-state index contributed by atoms with van der Waals surface area (Å²) in [5.41, 5.74) is 1.23. The van der Waals surface area contributed by atoms with Gasteiger partial charge in [-0.05, 0) is 39.3 Å². The first-order valence-corrected chi connectivity index (χ1v) is 7.90. The van der Waals surface area contributed by atoms with Crippen molar-refractivity contribution in [1.82, 2.24) is 10.6 Å². The number of nitrogens with zero attached hydrogens (tertiary/aromatic N) is 1. The molecule has 0 amide bonds. The maximum absolute atomic E-state index is 5.86.